The molecule has 0 aliphatic heterocycles. The maximum atomic E-state index is 6.73. The predicted octanol–water partition coefficient (Wildman–Crippen LogP) is 6.69. The van der Waals surface area contributed by atoms with Gasteiger partial charge in [0.15, 0.2) is 0 Å². The van der Waals surface area contributed by atoms with Crippen molar-refractivity contribution in [2.45, 2.75) is 6.16 Å². The number of hydrogen-bond acceptors (Lipinski definition) is 1. The fourth-order valence-electron chi connectivity index (χ4n) is 4.06. The van der Waals surface area contributed by atoms with E-state index in [1.165, 1.54) is 15.9 Å². The summed E-state index contributed by atoms with van der Waals surface area (Å²) in [5.41, 5.74) is 1.06. The number of ether oxygens (including phenoxy) is 1. The second-order valence-electron chi connectivity index (χ2n) is 7.30. The maximum absolute atomic E-state index is 6.73. The fraction of sp³-hybridized carbons (Fsp3) is 0.0769. The first kappa shape index (κ1) is 21.1. The van der Waals surface area contributed by atoms with Crippen LogP contribution in [0.15, 0.2) is 109 Å². The average Bonchev–Trinajstić information content (AvgIpc) is 2.82. The van der Waals surface area contributed by atoms with Crippen LogP contribution in [-0.4, -0.2) is 7.11 Å². The first-order valence-electron chi connectivity index (χ1n) is 9.78. The molecule has 0 bridgehead atoms. The number of halogens is 2. The summed E-state index contributed by atoms with van der Waals surface area (Å²) in [5.74, 6) is 0.807. The summed E-state index contributed by atoms with van der Waals surface area (Å²) in [6.45, 7) is 0. The Hall–Kier alpha value is -2.12. The van der Waals surface area contributed by atoms with Gasteiger partial charge in [-0.2, -0.15) is 0 Å². The zero-order valence-electron chi connectivity index (χ0n) is 16.7. The van der Waals surface area contributed by atoms with Crippen LogP contribution >= 0.6 is 32.4 Å². The minimum absolute atomic E-state index is 0.736. The quantitative estimate of drug-likeness (QED) is 0.270. The summed E-state index contributed by atoms with van der Waals surface area (Å²) >= 11 is 11.2. The van der Waals surface area contributed by atoms with E-state index in [2.05, 4.69) is 113 Å². The van der Waals surface area contributed by atoms with Gasteiger partial charge in [-0.15, -0.1) is 0 Å². The van der Waals surface area contributed by atoms with Gasteiger partial charge in [0.1, 0.15) is 0 Å². The molecule has 0 aromatic heterocycles. The Bertz CT molecular complexity index is 1030. The molecule has 0 radical (unpaired) electrons. The summed E-state index contributed by atoms with van der Waals surface area (Å²) < 4.78 is 5.51. The summed E-state index contributed by atoms with van der Waals surface area (Å²) in [6, 6.07) is 38.1. The van der Waals surface area contributed by atoms with Crippen LogP contribution in [0.3, 0.4) is 0 Å². The van der Waals surface area contributed by atoms with E-state index in [4.69, 9.17) is 16.3 Å². The van der Waals surface area contributed by atoms with Crippen LogP contribution < -0.4 is 20.7 Å². The molecule has 4 rings (SSSR count). The van der Waals surface area contributed by atoms with Gasteiger partial charge in [-0.3, -0.25) is 0 Å². The third-order valence-corrected chi connectivity index (χ3v) is 15.5. The van der Waals surface area contributed by atoms with Crippen molar-refractivity contribution in [2.75, 3.05) is 7.11 Å². The van der Waals surface area contributed by atoms with Crippen LogP contribution in [0.2, 0.25) is 5.02 Å². The number of benzene rings is 4. The molecule has 0 spiro atoms. The second-order valence-corrected chi connectivity index (χ2v) is 16.6. The van der Waals surface area contributed by atoms with Crippen molar-refractivity contribution in [2.24, 2.45) is 0 Å². The molecule has 0 atom stereocenters. The molecule has 4 aromatic carbocycles. The van der Waals surface area contributed by atoms with E-state index >= 15 is 0 Å². The van der Waals surface area contributed by atoms with Gasteiger partial charge in [0.2, 0.25) is 0 Å². The van der Waals surface area contributed by atoms with Crippen LogP contribution in [0.5, 0.6) is 5.75 Å². The van der Waals surface area contributed by atoms with Gasteiger partial charge in [-0.25, -0.2) is 0 Å². The monoisotopic (exact) mass is 496 g/mol. The summed E-state index contributed by atoms with van der Waals surface area (Å²) in [4.78, 5) is 0. The Morgan fingerprint density at radius 3 is 1.53 bits per heavy atom. The van der Waals surface area contributed by atoms with Crippen molar-refractivity contribution in [3.63, 3.8) is 0 Å². The molecule has 4 heteroatoms. The van der Waals surface area contributed by atoms with E-state index in [0.29, 0.717) is 0 Å². The van der Waals surface area contributed by atoms with E-state index in [0.717, 1.165) is 22.5 Å². The standard InChI is InChI=1S/C26H23BrClOP/c1-29-22-17-18-26(28)21(19-22)20-30(27,23-11-5-2-6-12-23,24-13-7-3-8-14-24)25-15-9-4-10-16-25/h2-19H,20H2,1H3. The van der Waals surface area contributed by atoms with Crippen molar-refractivity contribution in [1.29, 1.82) is 0 Å². The van der Waals surface area contributed by atoms with Crippen molar-refractivity contribution in [3.05, 3.63) is 120 Å². The van der Waals surface area contributed by atoms with Gasteiger partial charge >= 0.3 is 192 Å². The molecule has 4 aromatic rings. The zero-order chi connectivity index (χ0) is 21.1. The molecular formula is C26H23BrClOP. The van der Waals surface area contributed by atoms with Gasteiger partial charge < -0.3 is 0 Å². The molecule has 0 fully saturated rings. The molecule has 0 unspecified atom stereocenters. The molecule has 0 N–H and O–H groups in total. The Morgan fingerprint density at radius 2 is 1.13 bits per heavy atom. The van der Waals surface area contributed by atoms with Crippen LogP contribution in [0.25, 0.3) is 0 Å². The predicted molar refractivity (Wildman–Crippen MR) is 136 cm³/mol. The van der Waals surface area contributed by atoms with E-state index in [9.17, 15) is 0 Å². The molecule has 0 saturated carbocycles. The number of hydrogen-bond donors (Lipinski definition) is 0. The van der Waals surface area contributed by atoms with E-state index in [-0.39, 0.29) is 0 Å². The first-order chi connectivity index (χ1) is 14.6. The van der Waals surface area contributed by atoms with Gasteiger partial charge in [0, 0.05) is 0 Å². The molecule has 0 amide bonds. The average molecular weight is 498 g/mol. The summed E-state index contributed by atoms with van der Waals surface area (Å²) in [5, 5.41) is 1.46. The van der Waals surface area contributed by atoms with Crippen LogP contribution in [-0.2, 0) is 6.16 Å². The normalized spacial score (nSPS) is 12.7. The molecule has 30 heavy (non-hydrogen) atoms. The van der Waals surface area contributed by atoms with Crippen molar-refractivity contribution in [1.82, 2.24) is 0 Å². The molecule has 0 aliphatic rings. The Morgan fingerprint density at radius 1 is 0.700 bits per heavy atom. The van der Waals surface area contributed by atoms with E-state index in [1.54, 1.807) is 7.11 Å². The van der Waals surface area contributed by atoms with Crippen molar-refractivity contribution >= 4 is 48.3 Å². The Balaban J connectivity index is 2.09. The topological polar surface area (TPSA) is 9.23 Å². The molecule has 1 nitrogen and oxygen atoms in total. The first-order valence-corrected chi connectivity index (χ1v) is 14.6. The number of methoxy groups -OCH3 is 1. The summed E-state index contributed by atoms with van der Waals surface area (Å²) in [7, 11) is 1.69. The Kier molecular flexibility index (Phi) is 6.02. The van der Waals surface area contributed by atoms with Crippen LogP contribution in [0.1, 0.15) is 5.56 Å². The van der Waals surface area contributed by atoms with Crippen molar-refractivity contribution < 1.29 is 4.74 Å². The second kappa shape index (κ2) is 8.55. The zero-order valence-corrected chi connectivity index (χ0v) is 19.9. The molecule has 0 aliphatic carbocycles. The van der Waals surface area contributed by atoms with Crippen LogP contribution in [0.4, 0.5) is 0 Å². The van der Waals surface area contributed by atoms with Gasteiger partial charge in [0.05, 0.1) is 0 Å². The van der Waals surface area contributed by atoms with E-state index < -0.39 is 5.31 Å². The number of rotatable bonds is 6. The van der Waals surface area contributed by atoms with Crippen LogP contribution in [0, 0.1) is 0 Å². The van der Waals surface area contributed by atoms with E-state index in [1.807, 2.05) is 12.1 Å². The molecular weight excluding hydrogens is 475 g/mol. The fourth-order valence-corrected chi connectivity index (χ4v) is 12.0. The third kappa shape index (κ3) is 3.58. The van der Waals surface area contributed by atoms with Gasteiger partial charge in [-0.05, 0) is 0 Å². The van der Waals surface area contributed by atoms with Crippen molar-refractivity contribution in [3.8, 4) is 5.75 Å². The molecule has 0 heterocycles. The summed E-state index contributed by atoms with van der Waals surface area (Å²) in [6.07, 6.45) is 0.736. The Labute approximate surface area is 191 Å². The minimum atomic E-state index is -3.08. The molecule has 152 valence electrons. The van der Waals surface area contributed by atoms with Gasteiger partial charge in [0.25, 0.3) is 0 Å². The SMILES string of the molecule is COc1ccc(Cl)c(CP(Br)(c2ccccc2)(c2ccccc2)c2ccccc2)c1. The third-order valence-electron chi connectivity index (χ3n) is 5.60. The molecule has 0 saturated heterocycles. The van der Waals surface area contributed by atoms with Gasteiger partial charge in [-0.1, -0.05) is 0 Å².